The highest BCUT2D eigenvalue weighted by molar-refractivity contribution is 5.92. The molecule has 0 fully saturated rings. The molecule has 0 amide bonds. The van der Waals surface area contributed by atoms with Gasteiger partial charge >= 0.3 is 5.97 Å². The third-order valence-corrected chi connectivity index (χ3v) is 4.30. The number of rotatable bonds is 8. The van der Waals surface area contributed by atoms with Crippen LogP contribution in [0.1, 0.15) is 49.7 Å². The molecule has 1 unspecified atom stereocenters. The molecule has 5 nitrogen and oxygen atoms in total. The lowest BCUT2D eigenvalue weighted by atomic mass is 10.1. The molecule has 24 heavy (non-hydrogen) atoms. The molecule has 1 aromatic carbocycles. The van der Waals surface area contributed by atoms with Crippen molar-refractivity contribution in [1.82, 2.24) is 4.98 Å². The number of fused-ring (bicyclic) bond motifs is 1. The Balaban J connectivity index is 2.51. The molecule has 0 saturated heterocycles. The van der Waals surface area contributed by atoms with Gasteiger partial charge in [0.25, 0.3) is 0 Å². The molecule has 5 heteroatoms. The lowest BCUT2D eigenvalue weighted by Gasteiger charge is -2.19. The summed E-state index contributed by atoms with van der Waals surface area (Å²) >= 11 is 0. The summed E-state index contributed by atoms with van der Waals surface area (Å²) in [5, 5.41) is 0.617. The quantitative estimate of drug-likeness (QED) is 0.726. The molecule has 1 atom stereocenters. The van der Waals surface area contributed by atoms with E-state index in [2.05, 4.69) is 18.8 Å². The highest BCUT2D eigenvalue weighted by Gasteiger charge is 2.22. The summed E-state index contributed by atoms with van der Waals surface area (Å²) in [4.78, 5) is 29.7. The smallest absolute Gasteiger partial charge is 0.355 e. The van der Waals surface area contributed by atoms with Gasteiger partial charge in [-0.3, -0.25) is 4.79 Å². The van der Waals surface area contributed by atoms with Crippen molar-refractivity contribution in [3.05, 3.63) is 45.7 Å². The van der Waals surface area contributed by atoms with Crippen LogP contribution in [0.25, 0.3) is 10.9 Å². The van der Waals surface area contributed by atoms with Crippen LogP contribution in [0, 0.1) is 0 Å². The van der Waals surface area contributed by atoms with Crippen LogP contribution in [-0.4, -0.2) is 30.6 Å². The maximum absolute atomic E-state index is 12.9. The van der Waals surface area contributed by atoms with Crippen molar-refractivity contribution < 1.29 is 14.4 Å². The van der Waals surface area contributed by atoms with Crippen LogP contribution in [0.2, 0.25) is 0 Å². The molecule has 0 aliphatic heterocycles. The fourth-order valence-electron chi connectivity index (χ4n) is 2.89. The Bertz CT molecular complexity index is 752. The Morgan fingerprint density at radius 1 is 1.21 bits per heavy atom. The van der Waals surface area contributed by atoms with Crippen LogP contribution >= 0.6 is 0 Å². The van der Waals surface area contributed by atoms with Gasteiger partial charge in [-0.1, -0.05) is 25.5 Å². The first kappa shape index (κ1) is 18.2. The Morgan fingerprint density at radius 3 is 2.62 bits per heavy atom. The molecule has 2 aromatic rings. The number of hydrogen-bond donors (Lipinski definition) is 2. The number of aromatic amines is 1. The number of carbonyl (C=O) groups is 1. The van der Waals surface area contributed by atoms with E-state index in [1.54, 1.807) is 13.0 Å². The van der Waals surface area contributed by atoms with Crippen molar-refractivity contribution in [2.24, 2.45) is 0 Å². The molecule has 0 radical (unpaired) electrons. The van der Waals surface area contributed by atoms with E-state index in [-0.39, 0.29) is 12.0 Å². The van der Waals surface area contributed by atoms with Crippen LogP contribution in [0.15, 0.2) is 29.1 Å². The topological polar surface area (TPSA) is 63.6 Å². The zero-order valence-electron chi connectivity index (χ0n) is 14.8. The number of para-hydroxylation sites is 1. The molecule has 1 heterocycles. The minimum Gasteiger partial charge on any atom is -0.461 e. The number of unbranched alkanes of at least 4 members (excludes halogenated alkanes) is 1. The van der Waals surface area contributed by atoms with E-state index < -0.39 is 5.97 Å². The Hall–Kier alpha value is -2.14. The summed E-state index contributed by atoms with van der Waals surface area (Å²) < 4.78 is 5.15. The maximum atomic E-state index is 12.9. The zero-order chi connectivity index (χ0) is 17.5. The summed E-state index contributed by atoms with van der Waals surface area (Å²) in [5.41, 5.74) is 1.42. The third-order valence-electron chi connectivity index (χ3n) is 4.30. The second-order valence-corrected chi connectivity index (χ2v) is 5.96. The number of hydrogen-bond acceptors (Lipinski definition) is 3. The highest BCUT2D eigenvalue weighted by Crippen LogP contribution is 2.12. The van der Waals surface area contributed by atoms with Gasteiger partial charge in [-0.2, -0.15) is 0 Å². The van der Waals surface area contributed by atoms with Gasteiger partial charge in [0.15, 0.2) is 5.43 Å². The molecular weight excluding hydrogens is 304 g/mol. The summed E-state index contributed by atoms with van der Waals surface area (Å²) in [6, 6.07) is 7.29. The molecule has 2 N–H and O–H groups in total. The van der Waals surface area contributed by atoms with E-state index in [1.165, 1.54) is 4.90 Å². The molecular formula is C19H27N2O3+. The fraction of sp³-hybridized carbons (Fsp3) is 0.474. The average molecular weight is 331 g/mol. The lowest BCUT2D eigenvalue weighted by Crippen LogP contribution is -3.10. The Labute approximate surface area is 142 Å². The number of H-pyrrole nitrogens is 1. The first-order chi connectivity index (χ1) is 11.6. The number of pyridine rings is 1. The third kappa shape index (κ3) is 4.03. The van der Waals surface area contributed by atoms with Gasteiger partial charge in [0, 0.05) is 10.9 Å². The number of benzene rings is 1. The number of quaternary nitrogens is 1. The van der Waals surface area contributed by atoms with E-state index in [4.69, 9.17) is 4.74 Å². The van der Waals surface area contributed by atoms with E-state index in [9.17, 15) is 9.59 Å². The Kier molecular flexibility index (Phi) is 6.55. The van der Waals surface area contributed by atoms with E-state index in [0.717, 1.165) is 25.9 Å². The largest absolute Gasteiger partial charge is 0.461 e. The minimum atomic E-state index is -0.457. The summed E-state index contributed by atoms with van der Waals surface area (Å²) in [5.74, 6) is -0.457. The van der Waals surface area contributed by atoms with E-state index in [1.807, 2.05) is 18.2 Å². The molecule has 0 saturated carbocycles. The Morgan fingerprint density at radius 2 is 1.96 bits per heavy atom. The molecule has 0 spiro atoms. The maximum Gasteiger partial charge on any atom is 0.355 e. The molecule has 0 bridgehead atoms. The van der Waals surface area contributed by atoms with Crippen molar-refractivity contribution in [2.45, 2.75) is 40.2 Å². The van der Waals surface area contributed by atoms with Gasteiger partial charge in [-0.15, -0.1) is 0 Å². The molecule has 2 rings (SSSR count). The fourth-order valence-corrected chi connectivity index (χ4v) is 2.89. The highest BCUT2D eigenvalue weighted by atomic mass is 16.5. The first-order valence-electron chi connectivity index (χ1n) is 8.76. The minimum absolute atomic E-state index is 0.0742. The van der Waals surface area contributed by atoms with Gasteiger partial charge in [-0.05, 0) is 32.4 Å². The van der Waals surface area contributed by atoms with Gasteiger partial charge in [0.2, 0.25) is 0 Å². The second kappa shape index (κ2) is 8.64. The predicted molar refractivity (Wildman–Crippen MR) is 95.5 cm³/mol. The standard InChI is InChI=1S/C19H26N2O3/c1-4-7-12-21(5-2)13-15-17(19(23)24-6-3)20-16-11-9-8-10-14(16)18(15)22/h8-11H,4-7,12-13H2,1-3H3,(H,20,22)/p+1. The van der Waals surface area contributed by atoms with Gasteiger partial charge in [0.05, 0.1) is 25.3 Å². The van der Waals surface area contributed by atoms with Crippen LogP contribution in [-0.2, 0) is 11.3 Å². The second-order valence-electron chi connectivity index (χ2n) is 5.96. The average Bonchev–Trinajstić information content (AvgIpc) is 2.60. The normalized spacial score (nSPS) is 12.3. The monoisotopic (exact) mass is 331 g/mol. The SMILES string of the molecule is CCCC[NH+](CC)Cc1c(C(=O)OCC)[nH]c2ccccc2c1=O. The van der Waals surface area contributed by atoms with Gasteiger partial charge in [-0.25, -0.2) is 4.79 Å². The summed E-state index contributed by atoms with van der Waals surface area (Å²) in [7, 11) is 0. The van der Waals surface area contributed by atoms with Gasteiger partial charge < -0.3 is 14.6 Å². The van der Waals surface area contributed by atoms with E-state index in [0.29, 0.717) is 28.7 Å². The van der Waals surface area contributed by atoms with Crippen molar-refractivity contribution in [3.8, 4) is 0 Å². The summed E-state index contributed by atoms with van der Waals surface area (Å²) in [6.45, 7) is 8.74. The van der Waals surface area contributed by atoms with Crippen molar-refractivity contribution in [1.29, 1.82) is 0 Å². The van der Waals surface area contributed by atoms with Crippen LogP contribution < -0.4 is 10.3 Å². The van der Waals surface area contributed by atoms with Crippen molar-refractivity contribution in [3.63, 3.8) is 0 Å². The van der Waals surface area contributed by atoms with Crippen molar-refractivity contribution >= 4 is 16.9 Å². The molecule has 130 valence electrons. The molecule has 0 aliphatic rings. The van der Waals surface area contributed by atoms with Crippen LogP contribution in [0.3, 0.4) is 0 Å². The zero-order valence-corrected chi connectivity index (χ0v) is 14.8. The molecule has 0 aliphatic carbocycles. The predicted octanol–water partition coefficient (Wildman–Crippen LogP) is 1.91. The lowest BCUT2D eigenvalue weighted by molar-refractivity contribution is -0.912. The number of ether oxygens (including phenoxy) is 1. The number of aromatic nitrogens is 1. The first-order valence-corrected chi connectivity index (χ1v) is 8.76. The number of carbonyl (C=O) groups excluding carboxylic acids is 1. The van der Waals surface area contributed by atoms with Gasteiger partial charge in [0.1, 0.15) is 12.2 Å². The number of nitrogens with one attached hydrogen (secondary N) is 2. The molecule has 1 aromatic heterocycles. The summed E-state index contributed by atoms with van der Waals surface area (Å²) in [6.07, 6.45) is 2.21. The number of esters is 1. The van der Waals surface area contributed by atoms with Crippen LogP contribution in [0.4, 0.5) is 0 Å². The van der Waals surface area contributed by atoms with Crippen LogP contribution in [0.5, 0.6) is 0 Å². The van der Waals surface area contributed by atoms with Crippen molar-refractivity contribution in [2.75, 3.05) is 19.7 Å². The van der Waals surface area contributed by atoms with E-state index >= 15 is 0 Å².